The second kappa shape index (κ2) is 9.73. The Bertz CT molecular complexity index is 320. The van der Waals surface area contributed by atoms with Gasteiger partial charge in [-0.1, -0.05) is 20.3 Å². The first kappa shape index (κ1) is 16.9. The summed E-state index contributed by atoms with van der Waals surface area (Å²) in [5.41, 5.74) is 0. The van der Waals surface area contributed by atoms with E-state index in [0.29, 0.717) is 13.0 Å². The Morgan fingerprint density at radius 3 is 2.45 bits per heavy atom. The number of carbonyl (C=O) groups is 1. The van der Waals surface area contributed by atoms with Gasteiger partial charge in [0.1, 0.15) is 0 Å². The lowest BCUT2D eigenvalue weighted by Crippen LogP contribution is -2.51. The van der Waals surface area contributed by atoms with E-state index in [1.165, 1.54) is 0 Å². The molecule has 1 atom stereocenters. The number of amides is 1. The van der Waals surface area contributed by atoms with Crippen molar-refractivity contribution in [2.45, 2.75) is 45.6 Å². The molecule has 0 aliphatic carbocycles. The Kier molecular flexibility index (Phi) is 8.24. The Hall–Kier alpha value is -1.12. The molecule has 114 valence electrons. The number of piperazine rings is 1. The smallest absolute Gasteiger partial charge is 0.224 e. The monoisotopic (exact) mass is 281 g/mol. The van der Waals surface area contributed by atoms with Crippen LogP contribution in [-0.2, 0) is 9.53 Å². The van der Waals surface area contributed by atoms with Gasteiger partial charge in [0.05, 0.1) is 25.1 Å². The third-order valence-corrected chi connectivity index (χ3v) is 3.63. The van der Waals surface area contributed by atoms with E-state index in [0.717, 1.165) is 52.0 Å². The van der Waals surface area contributed by atoms with Gasteiger partial charge in [-0.2, -0.15) is 5.26 Å². The van der Waals surface area contributed by atoms with E-state index in [-0.39, 0.29) is 11.9 Å². The zero-order valence-electron chi connectivity index (χ0n) is 12.8. The van der Waals surface area contributed by atoms with Gasteiger partial charge in [0.2, 0.25) is 5.91 Å². The number of nitriles is 1. The van der Waals surface area contributed by atoms with Crippen molar-refractivity contribution < 1.29 is 9.53 Å². The maximum atomic E-state index is 12.0. The van der Waals surface area contributed by atoms with Gasteiger partial charge in [-0.3, -0.25) is 9.69 Å². The van der Waals surface area contributed by atoms with Gasteiger partial charge in [0.25, 0.3) is 0 Å². The lowest BCUT2D eigenvalue weighted by molar-refractivity contribution is -0.134. The molecule has 1 rings (SSSR count). The lowest BCUT2D eigenvalue weighted by atomic mass is 10.1. The standard InChI is InChI=1S/C15H27N3O2/c1-3-5-14(13-16)17-7-9-18(10-8-17)15(19)6-12-20-11-4-2/h14H,3-12H2,1-2H3. The van der Waals surface area contributed by atoms with Crippen LogP contribution in [0.5, 0.6) is 0 Å². The van der Waals surface area contributed by atoms with Crippen molar-refractivity contribution >= 4 is 5.91 Å². The van der Waals surface area contributed by atoms with Crippen LogP contribution in [0.1, 0.15) is 39.5 Å². The van der Waals surface area contributed by atoms with Gasteiger partial charge in [0.15, 0.2) is 0 Å². The Labute approximate surface area is 122 Å². The van der Waals surface area contributed by atoms with Gasteiger partial charge in [0, 0.05) is 32.8 Å². The van der Waals surface area contributed by atoms with Gasteiger partial charge in [-0.05, 0) is 12.8 Å². The molecule has 0 aromatic carbocycles. The molecule has 0 radical (unpaired) electrons. The summed E-state index contributed by atoms with van der Waals surface area (Å²) in [7, 11) is 0. The van der Waals surface area contributed by atoms with Gasteiger partial charge >= 0.3 is 0 Å². The molecule has 1 unspecified atom stereocenters. The summed E-state index contributed by atoms with van der Waals surface area (Å²) in [6.45, 7) is 8.47. The Morgan fingerprint density at radius 1 is 1.20 bits per heavy atom. The molecule has 1 aliphatic heterocycles. The van der Waals surface area contributed by atoms with Gasteiger partial charge in [-0.25, -0.2) is 0 Å². The zero-order valence-corrected chi connectivity index (χ0v) is 12.8. The van der Waals surface area contributed by atoms with Crippen molar-refractivity contribution in [3.63, 3.8) is 0 Å². The van der Waals surface area contributed by atoms with Crippen molar-refractivity contribution in [3.05, 3.63) is 0 Å². The fourth-order valence-electron chi connectivity index (χ4n) is 2.45. The molecule has 20 heavy (non-hydrogen) atoms. The summed E-state index contributed by atoms with van der Waals surface area (Å²) in [5.74, 6) is 0.171. The molecule has 0 aromatic rings. The molecule has 1 amide bonds. The van der Waals surface area contributed by atoms with E-state index in [2.05, 4.69) is 24.8 Å². The van der Waals surface area contributed by atoms with Crippen LogP contribution in [0, 0.1) is 11.3 Å². The predicted molar refractivity (Wildman–Crippen MR) is 78.2 cm³/mol. The molecular weight excluding hydrogens is 254 g/mol. The van der Waals surface area contributed by atoms with E-state index in [1.807, 2.05) is 4.90 Å². The fourth-order valence-corrected chi connectivity index (χ4v) is 2.45. The second-order valence-corrected chi connectivity index (χ2v) is 5.21. The maximum Gasteiger partial charge on any atom is 0.224 e. The number of carbonyl (C=O) groups excluding carboxylic acids is 1. The molecule has 1 saturated heterocycles. The molecule has 0 spiro atoms. The molecule has 5 nitrogen and oxygen atoms in total. The van der Waals surface area contributed by atoms with Crippen molar-refractivity contribution in [2.24, 2.45) is 0 Å². The molecular formula is C15H27N3O2. The maximum absolute atomic E-state index is 12.0. The highest BCUT2D eigenvalue weighted by atomic mass is 16.5. The van der Waals surface area contributed by atoms with E-state index < -0.39 is 0 Å². The summed E-state index contributed by atoms with van der Waals surface area (Å²) in [6, 6.07) is 2.37. The van der Waals surface area contributed by atoms with E-state index in [4.69, 9.17) is 10.00 Å². The third-order valence-electron chi connectivity index (χ3n) is 3.63. The summed E-state index contributed by atoms with van der Waals surface area (Å²) >= 11 is 0. The topological polar surface area (TPSA) is 56.6 Å². The molecule has 1 heterocycles. The first-order valence-electron chi connectivity index (χ1n) is 7.72. The average Bonchev–Trinajstić information content (AvgIpc) is 2.49. The second-order valence-electron chi connectivity index (χ2n) is 5.21. The third kappa shape index (κ3) is 5.48. The van der Waals surface area contributed by atoms with Crippen LogP contribution in [0.15, 0.2) is 0 Å². The summed E-state index contributed by atoms with van der Waals surface area (Å²) < 4.78 is 5.35. The highest BCUT2D eigenvalue weighted by Gasteiger charge is 2.25. The number of hydrogen-bond donors (Lipinski definition) is 0. The molecule has 1 aliphatic rings. The van der Waals surface area contributed by atoms with Crippen molar-refractivity contribution in [1.82, 2.24) is 9.80 Å². The molecule has 0 bridgehead atoms. The summed E-state index contributed by atoms with van der Waals surface area (Å²) in [4.78, 5) is 16.1. The van der Waals surface area contributed by atoms with Crippen LogP contribution in [-0.4, -0.2) is 61.1 Å². The SMILES string of the molecule is CCCOCCC(=O)N1CCN(C(C#N)CCC)CC1. The number of hydrogen-bond acceptors (Lipinski definition) is 4. The van der Waals surface area contributed by atoms with Crippen molar-refractivity contribution in [3.8, 4) is 6.07 Å². The highest BCUT2D eigenvalue weighted by Crippen LogP contribution is 2.11. The Morgan fingerprint density at radius 2 is 1.90 bits per heavy atom. The molecule has 0 saturated carbocycles. The van der Waals surface area contributed by atoms with Crippen LogP contribution >= 0.6 is 0 Å². The molecule has 0 N–H and O–H groups in total. The highest BCUT2D eigenvalue weighted by molar-refractivity contribution is 5.76. The first-order valence-corrected chi connectivity index (χ1v) is 7.72. The molecule has 1 fully saturated rings. The molecule has 0 aromatic heterocycles. The zero-order chi connectivity index (χ0) is 14.8. The minimum absolute atomic E-state index is 0.00476. The number of ether oxygens (including phenoxy) is 1. The van der Waals surface area contributed by atoms with E-state index in [9.17, 15) is 4.79 Å². The number of nitrogens with zero attached hydrogens (tertiary/aromatic N) is 3. The minimum atomic E-state index is 0.00476. The Balaban J connectivity index is 2.27. The first-order chi connectivity index (χ1) is 9.72. The van der Waals surface area contributed by atoms with Crippen LogP contribution in [0.25, 0.3) is 0 Å². The number of rotatable bonds is 8. The quantitative estimate of drug-likeness (QED) is 0.635. The average molecular weight is 281 g/mol. The van der Waals surface area contributed by atoms with Gasteiger partial charge in [-0.15, -0.1) is 0 Å². The minimum Gasteiger partial charge on any atom is -0.381 e. The van der Waals surface area contributed by atoms with E-state index >= 15 is 0 Å². The summed E-state index contributed by atoms with van der Waals surface area (Å²) in [6.07, 6.45) is 3.39. The summed E-state index contributed by atoms with van der Waals surface area (Å²) in [5, 5.41) is 9.16. The van der Waals surface area contributed by atoms with Crippen LogP contribution in [0.3, 0.4) is 0 Å². The van der Waals surface area contributed by atoms with Crippen LogP contribution < -0.4 is 0 Å². The molecule has 5 heteroatoms. The van der Waals surface area contributed by atoms with E-state index in [1.54, 1.807) is 0 Å². The predicted octanol–water partition coefficient (Wildman–Crippen LogP) is 1.64. The largest absolute Gasteiger partial charge is 0.381 e. The normalized spacial score (nSPS) is 17.8. The van der Waals surface area contributed by atoms with Crippen LogP contribution in [0.2, 0.25) is 0 Å². The van der Waals surface area contributed by atoms with Gasteiger partial charge < -0.3 is 9.64 Å². The fraction of sp³-hybridized carbons (Fsp3) is 0.867. The van der Waals surface area contributed by atoms with Crippen molar-refractivity contribution in [2.75, 3.05) is 39.4 Å². The van der Waals surface area contributed by atoms with Crippen molar-refractivity contribution in [1.29, 1.82) is 5.26 Å². The lowest BCUT2D eigenvalue weighted by Gasteiger charge is -2.37. The van der Waals surface area contributed by atoms with Crippen LogP contribution in [0.4, 0.5) is 0 Å².